The molecule has 1 aliphatic carbocycles. The summed E-state index contributed by atoms with van der Waals surface area (Å²) in [5.74, 6) is 0.597. The second kappa shape index (κ2) is 10.3. The number of amides is 2. The molecule has 1 N–H and O–H groups in total. The van der Waals surface area contributed by atoms with Crippen LogP contribution in [0.25, 0.3) is 0 Å². The predicted octanol–water partition coefficient (Wildman–Crippen LogP) is 2.19. The van der Waals surface area contributed by atoms with Crippen molar-refractivity contribution in [2.24, 2.45) is 11.8 Å². The molecule has 0 aromatic heterocycles. The summed E-state index contributed by atoms with van der Waals surface area (Å²) in [4.78, 5) is 29.7. The van der Waals surface area contributed by atoms with Gasteiger partial charge in [-0.05, 0) is 37.8 Å². The summed E-state index contributed by atoms with van der Waals surface area (Å²) >= 11 is 0. The van der Waals surface area contributed by atoms with Crippen LogP contribution in [0.5, 0.6) is 5.75 Å². The third-order valence-electron chi connectivity index (χ3n) is 6.23. The molecule has 1 aliphatic heterocycles. The van der Waals surface area contributed by atoms with Crippen molar-refractivity contribution in [2.45, 2.75) is 45.3 Å². The number of methoxy groups -OCH3 is 1. The number of sulfonamides is 1. The molecule has 184 valence electrons. The van der Waals surface area contributed by atoms with E-state index < -0.39 is 10.0 Å². The molecular weight excluding hydrogens is 446 g/mol. The molecule has 0 radical (unpaired) electrons. The predicted molar refractivity (Wildman–Crippen MR) is 126 cm³/mol. The fraction of sp³-hybridized carbons (Fsp3) is 0.652. The molecule has 3 atom stereocenters. The lowest BCUT2D eigenvalue weighted by Gasteiger charge is -2.36. The van der Waals surface area contributed by atoms with Gasteiger partial charge in [-0.25, -0.2) is 8.42 Å². The minimum absolute atomic E-state index is 0.0103. The van der Waals surface area contributed by atoms with Crippen molar-refractivity contribution in [3.63, 3.8) is 0 Å². The van der Waals surface area contributed by atoms with Gasteiger partial charge >= 0.3 is 0 Å². The number of hydrogen-bond acceptors (Lipinski definition) is 6. The first-order valence-electron chi connectivity index (χ1n) is 11.3. The van der Waals surface area contributed by atoms with Gasteiger partial charge in [-0.15, -0.1) is 0 Å². The number of nitrogens with zero attached hydrogens (tertiary/aromatic N) is 2. The molecule has 1 heterocycles. The number of carbonyl (C=O) groups is 2. The van der Waals surface area contributed by atoms with E-state index in [1.54, 1.807) is 25.1 Å². The maximum absolute atomic E-state index is 13.2. The minimum Gasteiger partial charge on any atom is -0.491 e. The van der Waals surface area contributed by atoms with Gasteiger partial charge in [0.1, 0.15) is 12.4 Å². The third-order valence-corrected chi connectivity index (χ3v) is 6.84. The van der Waals surface area contributed by atoms with Crippen LogP contribution in [0.1, 0.15) is 43.5 Å². The third kappa shape index (κ3) is 6.83. The summed E-state index contributed by atoms with van der Waals surface area (Å²) in [6.07, 6.45) is 3.53. The van der Waals surface area contributed by atoms with Crippen LogP contribution in [0.3, 0.4) is 0 Å². The SMILES string of the molecule is CO[C@H]1CN(C)C(=O)c2ccc(NS(C)(=O)=O)cc2OC[C@H](C)N(C(=O)CC2CC2)C[C@@H]1C. The molecule has 3 rings (SSSR count). The first-order valence-corrected chi connectivity index (χ1v) is 13.2. The zero-order chi connectivity index (χ0) is 24.3. The Hall–Kier alpha value is -2.33. The topological polar surface area (TPSA) is 105 Å². The lowest BCUT2D eigenvalue weighted by molar-refractivity contribution is -0.135. The molecule has 10 heteroatoms. The number of nitrogens with one attached hydrogen (secondary N) is 1. The Morgan fingerprint density at radius 1 is 1.24 bits per heavy atom. The molecule has 0 spiro atoms. The number of carbonyl (C=O) groups excluding carboxylic acids is 2. The van der Waals surface area contributed by atoms with Gasteiger partial charge < -0.3 is 19.3 Å². The van der Waals surface area contributed by atoms with Crippen LogP contribution in [-0.2, 0) is 19.6 Å². The van der Waals surface area contributed by atoms with E-state index >= 15 is 0 Å². The number of ether oxygens (including phenoxy) is 2. The van der Waals surface area contributed by atoms with Gasteiger partial charge in [-0.2, -0.15) is 0 Å². The summed E-state index contributed by atoms with van der Waals surface area (Å²) in [7, 11) is -0.183. The summed E-state index contributed by atoms with van der Waals surface area (Å²) in [6, 6.07) is 4.36. The Morgan fingerprint density at radius 3 is 2.55 bits per heavy atom. The van der Waals surface area contributed by atoms with Crippen molar-refractivity contribution in [1.29, 1.82) is 0 Å². The summed E-state index contributed by atoms with van der Waals surface area (Å²) < 4.78 is 37.5. The highest BCUT2D eigenvalue weighted by Crippen LogP contribution is 2.33. The monoisotopic (exact) mass is 481 g/mol. The van der Waals surface area contributed by atoms with Crippen molar-refractivity contribution in [3.05, 3.63) is 23.8 Å². The average Bonchev–Trinajstić information content (AvgIpc) is 3.55. The summed E-state index contributed by atoms with van der Waals surface area (Å²) in [5.41, 5.74) is 0.624. The Bertz CT molecular complexity index is 978. The van der Waals surface area contributed by atoms with Crippen LogP contribution in [0.4, 0.5) is 5.69 Å². The highest BCUT2D eigenvalue weighted by Gasteiger charge is 2.33. The van der Waals surface area contributed by atoms with E-state index in [1.165, 1.54) is 12.1 Å². The number of likely N-dealkylation sites (N-methyl/N-ethyl adjacent to an activating group) is 1. The fourth-order valence-electron chi connectivity index (χ4n) is 4.08. The maximum Gasteiger partial charge on any atom is 0.257 e. The number of fused-ring (bicyclic) bond motifs is 1. The van der Waals surface area contributed by atoms with Gasteiger partial charge in [0.2, 0.25) is 15.9 Å². The molecule has 0 saturated heterocycles. The minimum atomic E-state index is -3.49. The zero-order valence-corrected chi connectivity index (χ0v) is 20.9. The number of benzene rings is 1. The van der Waals surface area contributed by atoms with Crippen molar-refractivity contribution in [3.8, 4) is 5.75 Å². The van der Waals surface area contributed by atoms with Gasteiger partial charge in [0, 0.05) is 45.7 Å². The van der Waals surface area contributed by atoms with Gasteiger partial charge in [0.15, 0.2) is 0 Å². The Balaban J connectivity index is 1.95. The highest BCUT2D eigenvalue weighted by atomic mass is 32.2. The largest absolute Gasteiger partial charge is 0.491 e. The Morgan fingerprint density at radius 2 is 1.94 bits per heavy atom. The van der Waals surface area contributed by atoms with E-state index in [4.69, 9.17) is 9.47 Å². The van der Waals surface area contributed by atoms with Crippen LogP contribution < -0.4 is 9.46 Å². The molecule has 9 nitrogen and oxygen atoms in total. The van der Waals surface area contributed by atoms with Crippen LogP contribution in [0.2, 0.25) is 0 Å². The average molecular weight is 482 g/mol. The molecule has 0 bridgehead atoms. The highest BCUT2D eigenvalue weighted by molar-refractivity contribution is 7.92. The van der Waals surface area contributed by atoms with E-state index in [0.717, 1.165) is 19.1 Å². The van der Waals surface area contributed by atoms with Crippen LogP contribution in [0.15, 0.2) is 18.2 Å². The van der Waals surface area contributed by atoms with Crippen molar-refractivity contribution in [2.75, 3.05) is 44.8 Å². The zero-order valence-electron chi connectivity index (χ0n) is 20.0. The maximum atomic E-state index is 13.2. The number of anilines is 1. The number of hydrogen-bond donors (Lipinski definition) is 1. The van der Waals surface area contributed by atoms with Gasteiger partial charge in [0.05, 0.1) is 29.7 Å². The molecule has 2 aliphatic rings. The Labute approximate surface area is 196 Å². The summed E-state index contributed by atoms with van der Waals surface area (Å²) in [5, 5.41) is 0. The van der Waals surface area contributed by atoms with Gasteiger partial charge in [-0.3, -0.25) is 14.3 Å². The van der Waals surface area contributed by atoms with E-state index in [2.05, 4.69) is 4.72 Å². The lowest BCUT2D eigenvalue weighted by atomic mass is 10.0. The van der Waals surface area contributed by atoms with E-state index in [1.807, 2.05) is 18.7 Å². The summed E-state index contributed by atoms with van der Waals surface area (Å²) in [6.45, 7) is 4.97. The molecule has 0 unspecified atom stereocenters. The number of rotatable bonds is 5. The van der Waals surface area contributed by atoms with Crippen LogP contribution in [0, 0.1) is 11.8 Å². The molecule has 1 aromatic carbocycles. The van der Waals surface area contributed by atoms with Crippen LogP contribution in [-0.4, -0.2) is 82.3 Å². The Kier molecular flexibility index (Phi) is 7.89. The lowest BCUT2D eigenvalue weighted by Crippen LogP contribution is -2.48. The van der Waals surface area contributed by atoms with E-state index in [0.29, 0.717) is 36.7 Å². The van der Waals surface area contributed by atoms with E-state index in [-0.39, 0.29) is 42.2 Å². The molecule has 1 aromatic rings. The van der Waals surface area contributed by atoms with Gasteiger partial charge in [-0.1, -0.05) is 6.92 Å². The van der Waals surface area contributed by atoms with Crippen molar-refractivity contribution < 1.29 is 27.5 Å². The molecule has 1 fully saturated rings. The molecule has 1 saturated carbocycles. The quantitative estimate of drug-likeness (QED) is 0.691. The second-order valence-corrected chi connectivity index (χ2v) is 11.1. The second-order valence-electron chi connectivity index (χ2n) is 9.38. The van der Waals surface area contributed by atoms with Gasteiger partial charge in [0.25, 0.3) is 5.91 Å². The van der Waals surface area contributed by atoms with Crippen molar-refractivity contribution >= 4 is 27.5 Å². The fourth-order valence-corrected chi connectivity index (χ4v) is 4.64. The standard InChI is InChI=1S/C23H35N3O6S/c1-15-12-26(22(27)10-17-6-7-17)16(2)14-32-20-11-18(24-33(5,29)30)8-9-19(20)23(28)25(3)13-21(15)31-4/h8-9,11,15-17,21,24H,6-7,10,12-14H2,1-5H3/t15-,16-,21-/m0/s1. The molecule has 33 heavy (non-hydrogen) atoms. The normalized spacial score (nSPS) is 24.9. The molecule has 2 amide bonds. The van der Waals surface area contributed by atoms with E-state index in [9.17, 15) is 18.0 Å². The first kappa shape index (κ1) is 25.3. The first-order chi connectivity index (χ1) is 15.5. The smallest absolute Gasteiger partial charge is 0.257 e. The molecular formula is C23H35N3O6S. The van der Waals surface area contributed by atoms with Crippen molar-refractivity contribution in [1.82, 2.24) is 9.80 Å². The van der Waals surface area contributed by atoms with Crippen LogP contribution >= 0.6 is 0 Å².